The molecule has 0 aromatic heterocycles. The summed E-state index contributed by atoms with van der Waals surface area (Å²) in [5.41, 5.74) is 25.5. The standard InChI is InChI=1S/C74H62N2/c1-71(2)64-32-20-16-24-52(64)60-41-45(36-40-65(60)71)75(46-33-37-53-49-21-13-17-29-61(49)72(3,4)66(53)42-46)69-56-25-9-11-27-58(56)70(59-28-12-10-26-57(59)69)76(47-34-38-54-50-22-14-18-30-62(50)73(5,6)67(54)43-47)48-35-39-55-51-23-15-19-31-63(51)74(7,8)68(55)44-48/h9-44,52,64H,1-8H3. The molecule has 2 atom stereocenters. The predicted molar refractivity (Wildman–Crippen MR) is 321 cm³/mol. The van der Waals surface area contributed by atoms with Crippen molar-refractivity contribution in [1.82, 2.24) is 0 Å². The Labute approximate surface area is 448 Å². The molecule has 0 saturated carbocycles. The van der Waals surface area contributed by atoms with Crippen LogP contribution in [0.2, 0.25) is 0 Å². The van der Waals surface area contributed by atoms with E-state index in [1.54, 1.807) is 0 Å². The molecule has 2 heteroatoms. The number of rotatable bonds is 6. The maximum Gasteiger partial charge on any atom is 0.0619 e. The van der Waals surface area contributed by atoms with E-state index in [9.17, 15) is 0 Å². The van der Waals surface area contributed by atoms with Crippen LogP contribution in [0.25, 0.3) is 54.9 Å². The summed E-state index contributed by atoms with van der Waals surface area (Å²) in [6, 6.07) is 74.8. The van der Waals surface area contributed by atoms with Gasteiger partial charge in [-0.05, 0) is 138 Å². The van der Waals surface area contributed by atoms with Crippen molar-refractivity contribution >= 4 is 55.7 Å². The Morgan fingerprint density at radius 1 is 0.303 bits per heavy atom. The SMILES string of the molecule is CC1(C)c2ccccc2-c2ccc(N(c3ccc4c(c3)C3C=CC=CC3C4(C)C)c3c4ccccc4c(N(c4ccc5c(c4)C(C)(C)c4ccccc4-5)c4ccc5c(c4)C(C)(C)c4ccccc4-5)c4ccccc34)cc21. The third kappa shape index (κ3) is 6.04. The molecule has 0 heterocycles. The molecular weight excluding hydrogens is 917 g/mol. The van der Waals surface area contributed by atoms with Crippen LogP contribution in [0.15, 0.2) is 218 Å². The van der Waals surface area contributed by atoms with Crippen LogP contribution in [0.3, 0.4) is 0 Å². The van der Waals surface area contributed by atoms with Crippen molar-refractivity contribution in [2.24, 2.45) is 5.92 Å². The van der Waals surface area contributed by atoms with Gasteiger partial charge in [-0.3, -0.25) is 0 Å². The summed E-state index contributed by atoms with van der Waals surface area (Å²) in [6.07, 6.45) is 9.38. The van der Waals surface area contributed by atoms with Crippen molar-refractivity contribution in [2.75, 3.05) is 9.80 Å². The van der Waals surface area contributed by atoms with Gasteiger partial charge in [-0.2, -0.15) is 0 Å². The second-order valence-corrected chi connectivity index (χ2v) is 24.5. The third-order valence-electron chi connectivity index (χ3n) is 19.1. The third-order valence-corrected chi connectivity index (χ3v) is 19.1. The van der Waals surface area contributed by atoms with Crippen LogP contribution in [-0.4, -0.2) is 0 Å². The zero-order chi connectivity index (χ0) is 51.6. The summed E-state index contributed by atoms with van der Waals surface area (Å²) in [4.78, 5) is 5.22. The Morgan fingerprint density at radius 3 is 1.04 bits per heavy atom. The van der Waals surface area contributed by atoms with Gasteiger partial charge < -0.3 is 9.80 Å². The van der Waals surface area contributed by atoms with E-state index in [1.165, 1.54) is 116 Å². The second-order valence-electron chi connectivity index (χ2n) is 24.5. The minimum atomic E-state index is -0.176. The highest BCUT2D eigenvalue weighted by atomic mass is 15.2. The lowest BCUT2D eigenvalue weighted by Gasteiger charge is -2.34. The number of hydrogen-bond acceptors (Lipinski definition) is 2. The number of benzene rings is 10. The first-order valence-corrected chi connectivity index (χ1v) is 27.5. The lowest BCUT2D eigenvalue weighted by atomic mass is 9.74. The van der Waals surface area contributed by atoms with E-state index < -0.39 is 0 Å². The Kier molecular flexibility index (Phi) is 9.33. The lowest BCUT2D eigenvalue weighted by molar-refractivity contribution is 0.394. The topological polar surface area (TPSA) is 6.48 Å². The van der Waals surface area contributed by atoms with Crippen molar-refractivity contribution in [3.8, 4) is 33.4 Å². The van der Waals surface area contributed by atoms with Crippen molar-refractivity contribution in [3.63, 3.8) is 0 Å². The first kappa shape index (κ1) is 45.2. The van der Waals surface area contributed by atoms with Crippen LogP contribution in [0.1, 0.15) is 106 Å². The zero-order valence-electron chi connectivity index (χ0n) is 44.8. The van der Waals surface area contributed by atoms with Crippen LogP contribution in [0, 0.1) is 5.92 Å². The Bertz CT molecular complexity index is 4050. The second kappa shape index (κ2) is 15.7. The summed E-state index contributed by atoms with van der Waals surface area (Å²) in [5, 5.41) is 4.80. The minimum absolute atomic E-state index is 0.00358. The van der Waals surface area contributed by atoms with Gasteiger partial charge >= 0.3 is 0 Å². The molecule has 10 aromatic rings. The van der Waals surface area contributed by atoms with E-state index in [0.717, 1.165) is 17.1 Å². The smallest absolute Gasteiger partial charge is 0.0619 e. The molecule has 2 unspecified atom stereocenters. The molecule has 0 radical (unpaired) electrons. The first-order chi connectivity index (χ1) is 36.7. The highest BCUT2D eigenvalue weighted by molar-refractivity contribution is 6.23. The van der Waals surface area contributed by atoms with Gasteiger partial charge in [-0.1, -0.05) is 225 Å². The normalized spacial score (nSPS) is 18.6. The molecule has 2 nitrogen and oxygen atoms in total. The maximum absolute atomic E-state index is 2.62. The lowest BCUT2D eigenvalue weighted by Crippen LogP contribution is -2.24. The molecule has 76 heavy (non-hydrogen) atoms. The summed E-state index contributed by atoms with van der Waals surface area (Å²) >= 11 is 0. The van der Waals surface area contributed by atoms with E-state index in [0.29, 0.717) is 11.8 Å². The minimum Gasteiger partial charge on any atom is -0.309 e. The Morgan fingerprint density at radius 2 is 0.632 bits per heavy atom. The highest BCUT2D eigenvalue weighted by Crippen LogP contribution is 2.59. The Balaban J connectivity index is 1.01. The molecular formula is C74H62N2. The van der Waals surface area contributed by atoms with E-state index >= 15 is 0 Å². The van der Waals surface area contributed by atoms with Crippen LogP contribution in [0.5, 0.6) is 0 Å². The molecule has 15 rings (SSSR count). The van der Waals surface area contributed by atoms with E-state index in [2.05, 4.69) is 284 Å². The van der Waals surface area contributed by atoms with Gasteiger partial charge in [-0.15, -0.1) is 0 Å². The van der Waals surface area contributed by atoms with Gasteiger partial charge in [0.2, 0.25) is 0 Å². The van der Waals surface area contributed by atoms with Crippen LogP contribution >= 0.6 is 0 Å². The molecule has 0 bridgehead atoms. The van der Waals surface area contributed by atoms with Crippen LogP contribution < -0.4 is 9.80 Å². The fourth-order valence-corrected chi connectivity index (χ4v) is 15.2. The highest BCUT2D eigenvalue weighted by Gasteiger charge is 2.45. The molecule has 0 saturated heterocycles. The first-order valence-electron chi connectivity index (χ1n) is 27.5. The average Bonchev–Trinajstić information content (AvgIpc) is 4.08. The van der Waals surface area contributed by atoms with Gasteiger partial charge in [-0.25, -0.2) is 0 Å². The fraction of sp³-hybridized carbons (Fsp3) is 0.189. The summed E-state index contributed by atoms with van der Waals surface area (Å²) in [6.45, 7) is 19.3. The van der Waals surface area contributed by atoms with E-state index in [-0.39, 0.29) is 21.7 Å². The monoisotopic (exact) mass is 978 g/mol. The van der Waals surface area contributed by atoms with Crippen molar-refractivity contribution in [2.45, 2.75) is 83.0 Å². The largest absolute Gasteiger partial charge is 0.309 e. The molecule has 0 fully saturated rings. The number of anilines is 6. The number of nitrogens with zero attached hydrogens (tertiary/aromatic N) is 2. The molecule has 5 aliphatic rings. The Hall–Kier alpha value is -8.20. The molecule has 5 aliphatic carbocycles. The summed E-state index contributed by atoms with van der Waals surface area (Å²) < 4.78 is 0. The van der Waals surface area contributed by atoms with Gasteiger partial charge in [0, 0.05) is 66.5 Å². The number of fused-ring (bicyclic) bond motifs is 14. The molecule has 0 amide bonds. The van der Waals surface area contributed by atoms with Crippen molar-refractivity contribution in [1.29, 1.82) is 0 Å². The van der Waals surface area contributed by atoms with Gasteiger partial charge in [0.1, 0.15) is 0 Å². The van der Waals surface area contributed by atoms with Gasteiger partial charge in [0.05, 0.1) is 11.4 Å². The number of hydrogen-bond donors (Lipinski definition) is 0. The summed E-state index contributed by atoms with van der Waals surface area (Å²) in [7, 11) is 0. The van der Waals surface area contributed by atoms with Crippen molar-refractivity contribution in [3.05, 3.63) is 263 Å². The average molecular weight is 979 g/mol. The van der Waals surface area contributed by atoms with E-state index in [1.807, 2.05) is 0 Å². The summed E-state index contributed by atoms with van der Waals surface area (Å²) in [5.74, 6) is 0.713. The predicted octanol–water partition coefficient (Wildman–Crippen LogP) is 20.0. The molecule has 10 aromatic carbocycles. The van der Waals surface area contributed by atoms with E-state index in [4.69, 9.17) is 0 Å². The van der Waals surface area contributed by atoms with Crippen LogP contribution in [-0.2, 0) is 21.7 Å². The van der Waals surface area contributed by atoms with Gasteiger partial charge in [0.15, 0.2) is 0 Å². The molecule has 0 spiro atoms. The molecule has 0 aliphatic heterocycles. The zero-order valence-corrected chi connectivity index (χ0v) is 44.8. The molecule has 0 N–H and O–H groups in total. The molecule has 368 valence electrons. The fourth-order valence-electron chi connectivity index (χ4n) is 15.2. The quantitative estimate of drug-likeness (QED) is 0.121. The van der Waals surface area contributed by atoms with Crippen LogP contribution in [0.4, 0.5) is 34.1 Å². The van der Waals surface area contributed by atoms with Crippen molar-refractivity contribution < 1.29 is 0 Å². The van der Waals surface area contributed by atoms with Gasteiger partial charge in [0.25, 0.3) is 0 Å². The maximum atomic E-state index is 2.62. The number of allylic oxidation sites excluding steroid dienone is 4.